The van der Waals surface area contributed by atoms with Crippen LogP contribution in [0.25, 0.3) is 0 Å². The van der Waals surface area contributed by atoms with Crippen molar-refractivity contribution in [2.45, 2.75) is 58.5 Å². The van der Waals surface area contributed by atoms with E-state index < -0.39 is 5.60 Å². The number of furan rings is 1. The molecule has 1 aliphatic carbocycles. The van der Waals surface area contributed by atoms with Crippen molar-refractivity contribution in [2.75, 3.05) is 19.8 Å². The lowest BCUT2D eigenvalue weighted by Crippen LogP contribution is -2.45. The van der Waals surface area contributed by atoms with Crippen molar-refractivity contribution in [3.05, 3.63) is 23.7 Å². The van der Waals surface area contributed by atoms with E-state index in [4.69, 9.17) is 9.15 Å². The van der Waals surface area contributed by atoms with Gasteiger partial charge in [-0.1, -0.05) is 12.8 Å². The summed E-state index contributed by atoms with van der Waals surface area (Å²) >= 11 is 0. The number of carbonyl (C=O) groups excluding carboxylic acids is 1. The zero-order valence-corrected chi connectivity index (χ0v) is 14.5. The summed E-state index contributed by atoms with van der Waals surface area (Å²) in [5.74, 6) is 1.25. The Kier molecular flexibility index (Phi) is 5.87. The highest BCUT2D eigenvalue weighted by Crippen LogP contribution is 2.41. The third-order valence-electron chi connectivity index (χ3n) is 4.84. The van der Waals surface area contributed by atoms with Gasteiger partial charge in [0.15, 0.2) is 0 Å². The summed E-state index contributed by atoms with van der Waals surface area (Å²) in [7, 11) is 0. The monoisotopic (exact) mass is 323 g/mol. The minimum Gasteiger partial charge on any atom is -0.463 e. The molecule has 0 saturated heterocycles. The van der Waals surface area contributed by atoms with E-state index in [1.165, 1.54) is 0 Å². The predicted molar refractivity (Wildman–Crippen MR) is 88.0 cm³/mol. The number of carbonyl (C=O) groups is 1. The first-order valence-electron chi connectivity index (χ1n) is 8.55. The second-order valence-corrected chi connectivity index (χ2v) is 6.80. The summed E-state index contributed by atoms with van der Waals surface area (Å²) in [6.07, 6.45) is 4.69. The molecule has 1 aromatic rings. The zero-order chi connectivity index (χ0) is 16.9. The zero-order valence-electron chi connectivity index (χ0n) is 14.5. The van der Waals surface area contributed by atoms with Crippen LogP contribution in [-0.2, 0) is 15.1 Å². The van der Waals surface area contributed by atoms with Gasteiger partial charge in [-0.3, -0.25) is 4.79 Å². The van der Waals surface area contributed by atoms with E-state index in [-0.39, 0.29) is 17.9 Å². The van der Waals surface area contributed by atoms with Crippen molar-refractivity contribution in [1.29, 1.82) is 0 Å². The molecule has 1 amide bonds. The van der Waals surface area contributed by atoms with Gasteiger partial charge in [0.1, 0.15) is 17.1 Å². The summed E-state index contributed by atoms with van der Waals surface area (Å²) in [6, 6.07) is 3.56. The molecule has 0 aliphatic heterocycles. The van der Waals surface area contributed by atoms with Crippen LogP contribution in [0.1, 0.15) is 57.5 Å². The van der Waals surface area contributed by atoms with E-state index in [0.717, 1.165) is 37.9 Å². The van der Waals surface area contributed by atoms with Crippen molar-refractivity contribution in [1.82, 2.24) is 5.32 Å². The standard InChI is InChI=1S/C18H29NO4/c1-4-22-12-11-18(9-5-6-10-18)16(20)19-13-17(3,21)15-8-7-14(2)23-15/h7-8,21H,4-6,9-13H2,1-3H3,(H,19,20). The highest BCUT2D eigenvalue weighted by atomic mass is 16.5. The van der Waals surface area contributed by atoms with Gasteiger partial charge in [0, 0.05) is 13.2 Å². The van der Waals surface area contributed by atoms with Crippen LogP contribution >= 0.6 is 0 Å². The van der Waals surface area contributed by atoms with E-state index in [1.807, 2.05) is 19.9 Å². The molecule has 0 aromatic carbocycles. The Morgan fingerprint density at radius 2 is 2.13 bits per heavy atom. The van der Waals surface area contributed by atoms with Crippen LogP contribution in [-0.4, -0.2) is 30.8 Å². The fraction of sp³-hybridized carbons (Fsp3) is 0.722. The lowest BCUT2D eigenvalue weighted by Gasteiger charge is -2.30. The third-order valence-corrected chi connectivity index (χ3v) is 4.84. The van der Waals surface area contributed by atoms with Crippen LogP contribution in [0.15, 0.2) is 16.5 Å². The number of hydrogen-bond acceptors (Lipinski definition) is 4. The molecule has 1 heterocycles. The lowest BCUT2D eigenvalue weighted by atomic mass is 9.81. The van der Waals surface area contributed by atoms with Crippen molar-refractivity contribution in [2.24, 2.45) is 5.41 Å². The summed E-state index contributed by atoms with van der Waals surface area (Å²) in [4.78, 5) is 12.7. The topological polar surface area (TPSA) is 71.7 Å². The third kappa shape index (κ3) is 4.36. The molecule has 1 unspecified atom stereocenters. The van der Waals surface area contributed by atoms with Crippen LogP contribution in [0.3, 0.4) is 0 Å². The smallest absolute Gasteiger partial charge is 0.226 e. The molecule has 1 fully saturated rings. The Morgan fingerprint density at radius 3 is 2.70 bits per heavy atom. The highest BCUT2D eigenvalue weighted by Gasteiger charge is 2.41. The molecule has 130 valence electrons. The normalized spacial score (nSPS) is 19.5. The molecule has 0 radical (unpaired) electrons. The van der Waals surface area contributed by atoms with Crippen molar-refractivity contribution in [3.63, 3.8) is 0 Å². The first-order valence-corrected chi connectivity index (χ1v) is 8.55. The Labute approximate surface area is 138 Å². The molecule has 0 bridgehead atoms. The largest absolute Gasteiger partial charge is 0.463 e. The van der Waals surface area contributed by atoms with E-state index in [0.29, 0.717) is 19.0 Å². The second-order valence-electron chi connectivity index (χ2n) is 6.80. The van der Waals surface area contributed by atoms with Gasteiger partial charge in [-0.15, -0.1) is 0 Å². The minimum absolute atomic E-state index is 0.0262. The predicted octanol–water partition coefficient (Wildman–Crippen LogP) is 2.90. The van der Waals surface area contributed by atoms with Gasteiger partial charge < -0.3 is 19.6 Å². The quantitative estimate of drug-likeness (QED) is 0.722. The molecule has 0 spiro atoms. The van der Waals surface area contributed by atoms with E-state index >= 15 is 0 Å². The van der Waals surface area contributed by atoms with Gasteiger partial charge in [-0.05, 0) is 52.2 Å². The molecule has 23 heavy (non-hydrogen) atoms. The Bertz CT molecular complexity index is 515. The van der Waals surface area contributed by atoms with Crippen molar-refractivity contribution < 1.29 is 19.1 Å². The second kappa shape index (κ2) is 7.49. The number of rotatable bonds is 8. The molecular formula is C18H29NO4. The SMILES string of the molecule is CCOCCC1(C(=O)NCC(C)(O)c2ccc(C)o2)CCCC1. The molecule has 2 N–H and O–H groups in total. The van der Waals surface area contributed by atoms with Gasteiger partial charge >= 0.3 is 0 Å². The first kappa shape index (κ1) is 18.0. The summed E-state index contributed by atoms with van der Waals surface area (Å²) < 4.78 is 10.9. The van der Waals surface area contributed by atoms with Crippen LogP contribution < -0.4 is 5.32 Å². The number of aliphatic hydroxyl groups is 1. The maximum Gasteiger partial charge on any atom is 0.226 e. The number of nitrogens with one attached hydrogen (secondary N) is 1. The average Bonchev–Trinajstić information content (AvgIpc) is 3.15. The molecule has 1 aliphatic rings. The fourth-order valence-electron chi connectivity index (χ4n) is 3.31. The van der Waals surface area contributed by atoms with Crippen LogP contribution in [0.5, 0.6) is 0 Å². The van der Waals surface area contributed by atoms with Crippen LogP contribution in [0.2, 0.25) is 0 Å². The molecule has 1 aromatic heterocycles. The maximum atomic E-state index is 12.7. The Balaban J connectivity index is 1.96. The average molecular weight is 323 g/mol. The van der Waals surface area contributed by atoms with Crippen molar-refractivity contribution >= 4 is 5.91 Å². The first-order chi connectivity index (χ1) is 10.9. The van der Waals surface area contributed by atoms with Crippen LogP contribution in [0.4, 0.5) is 0 Å². The number of hydrogen-bond donors (Lipinski definition) is 2. The minimum atomic E-state index is -1.20. The molecule has 2 rings (SSSR count). The fourth-order valence-corrected chi connectivity index (χ4v) is 3.31. The van der Waals surface area contributed by atoms with Gasteiger partial charge in [-0.25, -0.2) is 0 Å². The maximum absolute atomic E-state index is 12.7. The number of aryl methyl sites for hydroxylation is 1. The van der Waals surface area contributed by atoms with Crippen LogP contribution in [0, 0.1) is 12.3 Å². The molecule has 5 nitrogen and oxygen atoms in total. The summed E-state index contributed by atoms with van der Waals surface area (Å²) in [6.45, 7) is 6.88. The highest BCUT2D eigenvalue weighted by molar-refractivity contribution is 5.83. The van der Waals surface area contributed by atoms with Crippen molar-refractivity contribution in [3.8, 4) is 0 Å². The Morgan fingerprint density at radius 1 is 1.43 bits per heavy atom. The molecule has 5 heteroatoms. The van der Waals surface area contributed by atoms with Gasteiger partial charge in [0.2, 0.25) is 5.91 Å². The molecular weight excluding hydrogens is 294 g/mol. The van der Waals surface area contributed by atoms with Gasteiger partial charge in [0.05, 0.1) is 12.0 Å². The lowest BCUT2D eigenvalue weighted by molar-refractivity contribution is -0.133. The molecule has 1 saturated carbocycles. The number of amides is 1. The summed E-state index contributed by atoms with van der Waals surface area (Å²) in [5, 5.41) is 13.5. The van der Waals surface area contributed by atoms with E-state index in [2.05, 4.69) is 5.32 Å². The van der Waals surface area contributed by atoms with E-state index in [9.17, 15) is 9.90 Å². The van der Waals surface area contributed by atoms with E-state index in [1.54, 1.807) is 13.0 Å². The Hall–Kier alpha value is -1.33. The number of ether oxygens (including phenoxy) is 1. The van der Waals surface area contributed by atoms with Gasteiger partial charge in [-0.2, -0.15) is 0 Å². The van der Waals surface area contributed by atoms with Gasteiger partial charge in [0.25, 0.3) is 0 Å². The molecule has 1 atom stereocenters. The summed E-state index contributed by atoms with van der Waals surface area (Å²) in [5.41, 5.74) is -1.55.